The molecule has 0 atom stereocenters. The van der Waals surface area contributed by atoms with Gasteiger partial charge in [-0.1, -0.05) is 36.3 Å². The number of amides is 1. The normalized spacial score (nSPS) is 9.38. The van der Waals surface area contributed by atoms with Gasteiger partial charge in [0.25, 0.3) is 0 Å². The summed E-state index contributed by atoms with van der Waals surface area (Å²) in [5, 5.41) is 10.3. The molecule has 1 N–H and O–H groups in total. The molecule has 0 fully saturated rings. The molecule has 5 nitrogen and oxygen atoms in total. The third-order valence-electron chi connectivity index (χ3n) is 2.55. The van der Waals surface area contributed by atoms with Crippen molar-refractivity contribution in [1.82, 2.24) is 15.5 Å². The van der Waals surface area contributed by atoms with Gasteiger partial charge in [-0.25, -0.2) is 4.79 Å². The van der Waals surface area contributed by atoms with E-state index in [1.807, 2.05) is 43.3 Å². The van der Waals surface area contributed by atoms with Crippen LogP contribution >= 0.6 is 0 Å². The fourth-order valence-electron chi connectivity index (χ4n) is 1.49. The minimum atomic E-state index is -0.497. The summed E-state index contributed by atoms with van der Waals surface area (Å²) in [6.07, 6.45) is -0.497. The third kappa shape index (κ3) is 5.33. The van der Waals surface area contributed by atoms with Gasteiger partial charge in [0, 0.05) is 0 Å². The van der Waals surface area contributed by atoms with Crippen molar-refractivity contribution >= 4 is 6.09 Å². The van der Waals surface area contributed by atoms with Crippen molar-refractivity contribution in [3.05, 3.63) is 59.4 Å². The molecular formula is C16H15N3O2. The summed E-state index contributed by atoms with van der Waals surface area (Å²) < 4.78 is 5.05. The van der Waals surface area contributed by atoms with Gasteiger partial charge < -0.3 is 10.1 Å². The zero-order valence-electron chi connectivity index (χ0n) is 11.7. The van der Waals surface area contributed by atoms with Crippen molar-refractivity contribution in [3.63, 3.8) is 0 Å². The molecule has 0 saturated carbocycles. The zero-order chi connectivity index (χ0) is 14.9. The van der Waals surface area contributed by atoms with Gasteiger partial charge in [0.05, 0.1) is 12.2 Å². The molecule has 5 heteroatoms. The van der Waals surface area contributed by atoms with Gasteiger partial charge in [0.15, 0.2) is 0 Å². The lowest BCUT2D eigenvalue weighted by molar-refractivity contribution is 0.141. The molecule has 0 saturated heterocycles. The highest BCUT2D eigenvalue weighted by molar-refractivity contribution is 5.67. The molecule has 2 rings (SSSR count). The number of benzene rings is 1. The molecule has 106 valence electrons. The standard InChI is InChI=1S/C16H15N3O2/c1-13-9-10-15(19-18-13)8-5-11-17-16(20)21-12-14-6-3-2-4-7-14/h2-4,6-7,9-10H,11-12H2,1H3,(H,17,20). The van der Waals surface area contributed by atoms with Gasteiger partial charge in [-0.15, -0.1) is 5.10 Å². The first-order valence-electron chi connectivity index (χ1n) is 6.48. The number of hydrogen-bond donors (Lipinski definition) is 1. The lowest BCUT2D eigenvalue weighted by Crippen LogP contribution is -2.24. The number of aryl methyl sites for hydroxylation is 1. The smallest absolute Gasteiger partial charge is 0.408 e. The second kappa shape index (κ2) is 7.65. The highest BCUT2D eigenvalue weighted by atomic mass is 16.5. The first kappa shape index (κ1) is 14.5. The minimum absolute atomic E-state index is 0.198. The summed E-state index contributed by atoms with van der Waals surface area (Å²) in [5.74, 6) is 5.59. The Labute approximate surface area is 123 Å². The van der Waals surface area contributed by atoms with Crippen LogP contribution in [0, 0.1) is 18.8 Å². The van der Waals surface area contributed by atoms with Crippen LogP contribution in [0.1, 0.15) is 17.0 Å². The summed E-state index contributed by atoms with van der Waals surface area (Å²) in [5.41, 5.74) is 2.34. The second-order valence-electron chi connectivity index (χ2n) is 4.28. The molecule has 1 aromatic heterocycles. The maximum absolute atomic E-state index is 11.4. The van der Waals surface area contributed by atoms with Crippen molar-refractivity contribution in [3.8, 4) is 11.8 Å². The van der Waals surface area contributed by atoms with Gasteiger partial charge in [0.1, 0.15) is 12.3 Å². The molecule has 2 aromatic rings. The van der Waals surface area contributed by atoms with Gasteiger partial charge in [-0.2, -0.15) is 5.10 Å². The van der Waals surface area contributed by atoms with Crippen LogP contribution in [0.4, 0.5) is 4.79 Å². The number of aromatic nitrogens is 2. The van der Waals surface area contributed by atoms with Crippen molar-refractivity contribution in [1.29, 1.82) is 0 Å². The number of hydrogen-bond acceptors (Lipinski definition) is 4. The monoisotopic (exact) mass is 281 g/mol. The van der Waals surface area contributed by atoms with E-state index in [0.717, 1.165) is 11.3 Å². The first-order valence-corrected chi connectivity index (χ1v) is 6.48. The number of nitrogens with one attached hydrogen (secondary N) is 1. The third-order valence-corrected chi connectivity index (χ3v) is 2.55. The highest BCUT2D eigenvalue weighted by Gasteiger charge is 2.00. The fraction of sp³-hybridized carbons (Fsp3) is 0.188. The molecule has 0 aliphatic rings. The van der Waals surface area contributed by atoms with Crippen LogP contribution in [0.15, 0.2) is 42.5 Å². The predicted molar refractivity (Wildman–Crippen MR) is 78.3 cm³/mol. The number of carbonyl (C=O) groups excluding carboxylic acids is 1. The highest BCUT2D eigenvalue weighted by Crippen LogP contribution is 2.00. The Kier molecular flexibility index (Phi) is 5.30. The lowest BCUT2D eigenvalue weighted by atomic mass is 10.2. The molecule has 0 aliphatic heterocycles. The van der Waals surface area contributed by atoms with Crippen LogP contribution in [0.25, 0.3) is 0 Å². The molecule has 1 aromatic carbocycles. The number of alkyl carbamates (subject to hydrolysis) is 1. The van der Waals surface area contributed by atoms with Crippen molar-refractivity contribution < 1.29 is 9.53 Å². The lowest BCUT2D eigenvalue weighted by Gasteiger charge is -2.04. The maximum atomic E-state index is 11.4. The Morgan fingerprint density at radius 1 is 1.19 bits per heavy atom. The summed E-state index contributed by atoms with van der Waals surface area (Å²) in [6.45, 7) is 2.29. The van der Waals surface area contributed by atoms with Crippen LogP contribution in [-0.2, 0) is 11.3 Å². The SMILES string of the molecule is Cc1ccc(C#CCNC(=O)OCc2ccccc2)nn1. The Morgan fingerprint density at radius 3 is 2.71 bits per heavy atom. The van der Waals surface area contributed by atoms with E-state index < -0.39 is 6.09 Å². The largest absolute Gasteiger partial charge is 0.445 e. The van der Waals surface area contributed by atoms with E-state index in [-0.39, 0.29) is 13.2 Å². The maximum Gasteiger partial charge on any atom is 0.408 e. The van der Waals surface area contributed by atoms with Crippen LogP contribution in [0.3, 0.4) is 0 Å². The Morgan fingerprint density at radius 2 is 2.00 bits per heavy atom. The summed E-state index contributed by atoms with van der Waals surface area (Å²) in [4.78, 5) is 11.4. The van der Waals surface area contributed by atoms with E-state index in [0.29, 0.717) is 5.69 Å². The Balaban J connectivity index is 1.71. The number of carbonyl (C=O) groups is 1. The molecule has 21 heavy (non-hydrogen) atoms. The molecular weight excluding hydrogens is 266 g/mol. The van der Waals surface area contributed by atoms with E-state index in [2.05, 4.69) is 27.4 Å². The first-order chi connectivity index (χ1) is 10.2. The van der Waals surface area contributed by atoms with Crippen LogP contribution < -0.4 is 5.32 Å². The number of rotatable bonds is 3. The average Bonchev–Trinajstić information content (AvgIpc) is 2.52. The fourth-order valence-corrected chi connectivity index (χ4v) is 1.49. The Hall–Kier alpha value is -2.87. The molecule has 0 aliphatic carbocycles. The quantitative estimate of drug-likeness (QED) is 0.875. The van der Waals surface area contributed by atoms with Gasteiger partial charge in [-0.3, -0.25) is 0 Å². The van der Waals surface area contributed by atoms with Crippen LogP contribution in [0.5, 0.6) is 0 Å². The van der Waals surface area contributed by atoms with Gasteiger partial charge in [-0.05, 0) is 30.5 Å². The summed E-state index contributed by atoms with van der Waals surface area (Å²) in [7, 11) is 0. The average molecular weight is 281 g/mol. The van der Waals surface area contributed by atoms with Crippen LogP contribution in [-0.4, -0.2) is 22.8 Å². The number of nitrogens with zero attached hydrogens (tertiary/aromatic N) is 2. The molecule has 0 unspecified atom stereocenters. The molecule has 0 radical (unpaired) electrons. The molecule has 0 spiro atoms. The van der Waals surface area contributed by atoms with E-state index >= 15 is 0 Å². The number of ether oxygens (including phenoxy) is 1. The van der Waals surface area contributed by atoms with Crippen LogP contribution in [0.2, 0.25) is 0 Å². The van der Waals surface area contributed by atoms with E-state index in [4.69, 9.17) is 4.74 Å². The molecule has 1 heterocycles. The van der Waals surface area contributed by atoms with Crippen molar-refractivity contribution in [2.24, 2.45) is 0 Å². The summed E-state index contributed by atoms with van der Waals surface area (Å²) in [6, 6.07) is 13.1. The minimum Gasteiger partial charge on any atom is -0.445 e. The Bertz CT molecular complexity index is 643. The van der Waals surface area contributed by atoms with Crippen molar-refractivity contribution in [2.75, 3.05) is 6.54 Å². The van der Waals surface area contributed by atoms with Crippen molar-refractivity contribution in [2.45, 2.75) is 13.5 Å². The zero-order valence-corrected chi connectivity index (χ0v) is 11.7. The predicted octanol–water partition coefficient (Wildman–Crippen LogP) is 2.06. The van der Waals surface area contributed by atoms with Gasteiger partial charge >= 0.3 is 6.09 Å². The topological polar surface area (TPSA) is 64.1 Å². The summed E-state index contributed by atoms with van der Waals surface area (Å²) >= 11 is 0. The molecule has 1 amide bonds. The van der Waals surface area contributed by atoms with Gasteiger partial charge in [0.2, 0.25) is 0 Å². The van der Waals surface area contributed by atoms with E-state index in [1.54, 1.807) is 6.07 Å². The molecule has 0 bridgehead atoms. The van der Waals surface area contributed by atoms with E-state index in [9.17, 15) is 4.79 Å². The second-order valence-corrected chi connectivity index (χ2v) is 4.28. The van der Waals surface area contributed by atoms with E-state index in [1.165, 1.54) is 0 Å².